The molecule has 1 aliphatic carbocycles. The molecule has 0 bridgehead atoms. The number of aryl methyl sites for hydroxylation is 1. The van der Waals surface area contributed by atoms with Gasteiger partial charge in [0.2, 0.25) is 10.0 Å². The maximum atomic E-state index is 13.1. The van der Waals surface area contributed by atoms with Crippen LogP contribution in [0.4, 0.5) is 0 Å². The maximum Gasteiger partial charge on any atom is 0.330 e. The minimum absolute atomic E-state index is 0.0642. The molecule has 0 spiro atoms. The van der Waals surface area contributed by atoms with Gasteiger partial charge in [-0.2, -0.15) is 4.31 Å². The Kier molecular flexibility index (Phi) is 5.37. The van der Waals surface area contributed by atoms with Crippen molar-refractivity contribution in [2.24, 2.45) is 25.9 Å². The highest BCUT2D eigenvalue weighted by Crippen LogP contribution is 2.40. The second-order valence-corrected chi connectivity index (χ2v) is 9.78. The molecule has 1 saturated carbocycles. The van der Waals surface area contributed by atoms with Crippen molar-refractivity contribution in [3.05, 3.63) is 27.0 Å². The predicted molar refractivity (Wildman–Crippen MR) is 100 cm³/mol. The molecule has 2 fully saturated rings. The molecular weight excluding hydrogens is 372 g/mol. The summed E-state index contributed by atoms with van der Waals surface area (Å²) in [5, 5.41) is 0. The average Bonchev–Trinajstić information content (AvgIpc) is 3.05. The van der Waals surface area contributed by atoms with Crippen LogP contribution >= 0.6 is 0 Å². The first-order valence-corrected chi connectivity index (χ1v) is 10.5. The molecule has 1 aromatic heterocycles. The van der Waals surface area contributed by atoms with E-state index < -0.39 is 21.3 Å². The smallest absolute Gasteiger partial charge is 0.330 e. The largest absolute Gasteiger partial charge is 0.380 e. The Balaban J connectivity index is 1.91. The number of hydrogen-bond donors (Lipinski definition) is 0. The fourth-order valence-electron chi connectivity index (χ4n) is 4.43. The summed E-state index contributed by atoms with van der Waals surface area (Å²) in [6.07, 6.45) is 2.84. The normalized spacial score (nSPS) is 29.3. The zero-order valence-electron chi connectivity index (χ0n) is 16.5. The van der Waals surface area contributed by atoms with Gasteiger partial charge in [0.15, 0.2) is 4.90 Å². The standard InChI is InChI=1S/C17H28N4O5S/c1-18(2)13-6-11-8-21(9-12(11)7-14(13)26-5)27(24,25)15-10-19(3)17(23)20(4)16(15)22/h10-14H,6-9H2,1-5H3/t11-,12+,13-,14-/m1/s1. The number of likely N-dealkylation sites (N-methyl/N-ethyl adjacent to an activating group) is 1. The molecule has 0 radical (unpaired) electrons. The first kappa shape index (κ1) is 20.2. The molecule has 10 heteroatoms. The number of rotatable bonds is 4. The number of nitrogens with zero attached hydrogens (tertiary/aromatic N) is 4. The quantitative estimate of drug-likeness (QED) is 0.648. The average molecular weight is 401 g/mol. The SMILES string of the molecule is CO[C@@H]1C[C@H]2CN(S(=O)(=O)c3cn(C)c(=O)n(C)c3=O)C[C@H]2C[C@H]1N(C)C. The summed E-state index contributed by atoms with van der Waals surface area (Å²) in [7, 11) is 4.48. The molecular formula is C17H28N4O5S. The van der Waals surface area contributed by atoms with Crippen LogP contribution < -0.4 is 11.2 Å². The number of ether oxygens (including phenoxy) is 1. The summed E-state index contributed by atoms with van der Waals surface area (Å²) < 4.78 is 35.3. The van der Waals surface area contributed by atoms with Crippen molar-refractivity contribution in [1.82, 2.24) is 18.3 Å². The molecule has 9 nitrogen and oxygen atoms in total. The van der Waals surface area contributed by atoms with E-state index in [0.717, 1.165) is 28.2 Å². The van der Waals surface area contributed by atoms with Gasteiger partial charge in [0.05, 0.1) is 6.10 Å². The van der Waals surface area contributed by atoms with Crippen molar-refractivity contribution < 1.29 is 13.2 Å². The molecule has 0 unspecified atom stereocenters. The van der Waals surface area contributed by atoms with E-state index >= 15 is 0 Å². The molecule has 4 atom stereocenters. The summed E-state index contributed by atoms with van der Waals surface area (Å²) in [6.45, 7) is 0.763. The van der Waals surface area contributed by atoms with Crippen molar-refractivity contribution in [3.8, 4) is 0 Å². The van der Waals surface area contributed by atoms with E-state index in [9.17, 15) is 18.0 Å². The monoisotopic (exact) mass is 400 g/mol. The Hall–Kier alpha value is -1.49. The molecule has 2 heterocycles. The first-order valence-electron chi connectivity index (χ1n) is 9.04. The second kappa shape index (κ2) is 7.16. The lowest BCUT2D eigenvalue weighted by atomic mass is 9.77. The van der Waals surface area contributed by atoms with E-state index in [0.29, 0.717) is 13.1 Å². The Bertz CT molecular complexity index is 936. The third-order valence-corrected chi connectivity index (χ3v) is 7.86. The lowest BCUT2D eigenvalue weighted by molar-refractivity contribution is -0.0209. The van der Waals surface area contributed by atoms with Crippen molar-refractivity contribution >= 4 is 10.0 Å². The van der Waals surface area contributed by atoms with Crippen molar-refractivity contribution in [3.63, 3.8) is 0 Å². The third kappa shape index (κ3) is 3.39. The van der Waals surface area contributed by atoms with Gasteiger partial charge in [0, 0.05) is 46.5 Å². The van der Waals surface area contributed by atoms with E-state index in [-0.39, 0.29) is 28.9 Å². The van der Waals surface area contributed by atoms with E-state index in [4.69, 9.17) is 4.74 Å². The summed E-state index contributed by atoms with van der Waals surface area (Å²) in [4.78, 5) is 26.1. The molecule has 0 aromatic carbocycles. The van der Waals surface area contributed by atoms with Gasteiger partial charge in [-0.25, -0.2) is 13.2 Å². The molecule has 2 aliphatic rings. The van der Waals surface area contributed by atoms with Crippen molar-refractivity contribution in [1.29, 1.82) is 0 Å². The highest BCUT2D eigenvalue weighted by Gasteiger charge is 2.46. The molecule has 3 rings (SSSR count). The van der Waals surface area contributed by atoms with Gasteiger partial charge in [-0.3, -0.25) is 9.36 Å². The van der Waals surface area contributed by atoms with Gasteiger partial charge in [-0.1, -0.05) is 0 Å². The van der Waals surface area contributed by atoms with E-state index in [1.165, 1.54) is 18.4 Å². The van der Waals surface area contributed by atoms with Gasteiger partial charge in [-0.05, 0) is 38.8 Å². The van der Waals surface area contributed by atoms with E-state index in [2.05, 4.69) is 4.90 Å². The molecule has 0 amide bonds. The number of methoxy groups -OCH3 is 1. The highest BCUT2D eigenvalue weighted by atomic mass is 32.2. The van der Waals surface area contributed by atoms with Crippen LogP contribution in [0.2, 0.25) is 0 Å². The summed E-state index contributed by atoms with van der Waals surface area (Å²) in [6, 6.07) is 0.240. The molecule has 152 valence electrons. The third-order valence-electron chi connectivity index (χ3n) is 6.05. The fraction of sp³-hybridized carbons (Fsp3) is 0.765. The van der Waals surface area contributed by atoms with Crippen LogP contribution in [0, 0.1) is 11.8 Å². The second-order valence-electron chi connectivity index (χ2n) is 7.87. The number of aromatic nitrogens is 2. The first-order chi connectivity index (χ1) is 12.6. The van der Waals surface area contributed by atoms with Crippen LogP contribution in [0.5, 0.6) is 0 Å². The van der Waals surface area contributed by atoms with Gasteiger partial charge in [0.25, 0.3) is 5.56 Å². The van der Waals surface area contributed by atoms with Crippen molar-refractivity contribution in [2.45, 2.75) is 29.9 Å². The van der Waals surface area contributed by atoms with E-state index in [1.54, 1.807) is 7.11 Å². The zero-order valence-corrected chi connectivity index (χ0v) is 17.3. The predicted octanol–water partition coefficient (Wildman–Crippen LogP) is -0.940. The number of fused-ring (bicyclic) bond motifs is 1. The Morgan fingerprint density at radius 1 is 1.11 bits per heavy atom. The molecule has 0 N–H and O–H groups in total. The molecule has 1 aromatic rings. The minimum atomic E-state index is -3.97. The van der Waals surface area contributed by atoms with Crippen LogP contribution in [0.25, 0.3) is 0 Å². The number of sulfonamides is 1. The fourth-order valence-corrected chi connectivity index (χ4v) is 6.13. The van der Waals surface area contributed by atoms with Crippen LogP contribution in [0.15, 0.2) is 20.7 Å². The highest BCUT2D eigenvalue weighted by molar-refractivity contribution is 7.89. The lowest BCUT2D eigenvalue weighted by Gasteiger charge is -2.40. The van der Waals surface area contributed by atoms with Crippen molar-refractivity contribution in [2.75, 3.05) is 34.3 Å². The van der Waals surface area contributed by atoms with Crippen LogP contribution in [-0.4, -0.2) is 73.2 Å². The Morgan fingerprint density at radius 3 is 2.26 bits per heavy atom. The topological polar surface area (TPSA) is 93.8 Å². The molecule has 27 heavy (non-hydrogen) atoms. The summed E-state index contributed by atoms with van der Waals surface area (Å²) >= 11 is 0. The molecule has 1 aliphatic heterocycles. The number of hydrogen-bond acceptors (Lipinski definition) is 6. The zero-order chi connectivity index (χ0) is 20.1. The van der Waals surface area contributed by atoms with Gasteiger partial charge in [-0.15, -0.1) is 0 Å². The van der Waals surface area contributed by atoms with Gasteiger partial charge >= 0.3 is 5.69 Å². The summed E-state index contributed by atoms with van der Waals surface area (Å²) in [5.74, 6) is 0.437. The van der Waals surface area contributed by atoms with Crippen LogP contribution in [0.3, 0.4) is 0 Å². The Labute approximate surface area is 159 Å². The van der Waals surface area contributed by atoms with Crippen LogP contribution in [0.1, 0.15) is 12.8 Å². The lowest BCUT2D eigenvalue weighted by Crippen LogP contribution is -2.47. The Morgan fingerprint density at radius 2 is 1.70 bits per heavy atom. The van der Waals surface area contributed by atoms with Gasteiger partial charge < -0.3 is 14.2 Å². The van der Waals surface area contributed by atoms with Gasteiger partial charge in [0.1, 0.15) is 0 Å². The minimum Gasteiger partial charge on any atom is -0.380 e. The molecule has 1 saturated heterocycles. The van der Waals surface area contributed by atoms with E-state index in [1.807, 2.05) is 14.1 Å². The van der Waals surface area contributed by atoms with Crippen LogP contribution in [-0.2, 0) is 28.9 Å². The maximum absolute atomic E-state index is 13.1. The summed E-state index contributed by atoms with van der Waals surface area (Å²) in [5.41, 5.74) is -1.33.